The lowest BCUT2D eigenvalue weighted by atomic mass is 9.60. The van der Waals surface area contributed by atoms with Crippen LogP contribution in [0.2, 0.25) is 0 Å². The van der Waals surface area contributed by atoms with Crippen LogP contribution in [0.1, 0.15) is 184 Å². The molecule has 0 aliphatic heterocycles. The summed E-state index contributed by atoms with van der Waals surface area (Å²) in [4.78, 5) is 26.9. The molecule has 4 unspecified atom stereocenters. The first kappa shape index (κ1) is 38.7. The van der Waals surface area contributed by atoms with Crippen molar-refractivity contribution in [3.63, 3.8) is 0 Å². The van der Waals surface area contributed by atoms with Gasteiger partial charge in [0.15, 0.2) is 0 Å². The van der Waals surface area contributed by atoms with E-state index in [0.29, 0.717) is 24.7 Å². The number of carboxylic acids is 2. The van der Waals surface area contributed by atoms with Crippen LogP contribution in [0.4, 0.5) is 0 Å². The normalized spacial score (nSPS) is 17.0. The standard InChI is InChI=1S/C36H68O4/c1-9-17-21-25-35(15-7,27-29(13-5)23-19-11-3)31(33(37)38)32(34(39)40)36(16-8,26-22-18-10-2)28-30(14-6)24-20-12-4/h29-30H,9-28H2,1-8H3,(H,37,38)(H,39,40). The summed E-state index contributed by atoms with van der Waals surface area (Å²) in [5.41, 5.74) is -0.701. The Bertz CT molecular complexity index is 666. The van der Waals surface area contributed by atoms with E-state index in [4.69, 9.17) is 0 Å². The quantitative estimate of drug-likeness (QED) is 0.0809. The van der Waals surface area contributed by atoms with Crippen molar-refractivity contribution < 1.29 is 19.8 Å². The van der Waals surface area contributed by atoms with E-state index in [9.17, 15) is 19.8 Å². The minimum Gasteiger partial charge on any atom is -0.478 e. The molecule has 0 rings (SSSR count). The zero-order chi connectivity index (χ0) is 30.6. The summed E-state index contributed by atoms with van der Waals surface area (Å²) in [6, 6.07) is 0. The molecule has 236 valence electrons. The Morgan fingerprint density at radius 3 is 1.07 bits per heavy atom. The molecule has 0 amide bonds. The van der Waals surface area contributed by atoms with Gasteiger partial charge in [0.25, 0.3) is 0 Å². The average Bonchev–Trinajstić information content (AvgIpc) is 2.94. The van der Waals surface area contributed by atoms with E-state index in [1.807, 2.05) is 0 Å². The predicted molar refractivity (Wildman–Crippen MR) is 172 cm³/mol. The molecule has 0 saturated carbocycles. The Kier molecular flexibility index (Phi) is 20.7. The largest absolute Gasteiger partial charge is 0.478 e. The Morgan fingerprint density at radius 1 is 0.525 bits per heavy atom. The van der Waals surface area contributed by atoms with E-state index in [1.165, 1.54) is 0 Å². The van der Waals surface area contributed by atoms with Gasteiger partial charge in [-0.1, -0.05) is 145 Å². The molecule has 40 heavy (non-hydrogen) atoms. The van der Waals surface area contributed by atoms with E-state index in [1.54, 1.807) is 0 Å². The fraction of sp³-hybridized carbons (Fsp3) is 0.889. The number of hydrogen-bond acceptors (Lipinski definition) is 2. The maximum absolute atomic E-state index is 13.5. The SMILES string of the molecule is CCCCCC(CC)(CC(CC)CCCC)C(C(=O)O)=C(C(=O)O)C(CC)(CCCCC)CC(CC)CCCC. The van der Waals surface area contributed by atoms with Gasteiger partial charge in [-0.25, -0.2) is 9.59 Å². The lowest BCUT2D eigenvalue weighted by molar-refractivity contribution is -0.138. The Labute approximate surface area is 249 Å². The fourth-order valence-electron chi connectivity index (χ4n) is 7.27. The summed E-state index contributed by atoms with van der Waals surface area (Å²) in [5.74, 6) is -1.16. The van der Waals surface area contributed by atoms with Crippen LogP contribution >= 0.6 is 0 Å². The molecule has 2 N–H and O–H groups in total. The van der Waals surface area contributed by atoms with Crippen molar-refractivity contribution in [2.75, 3.05) is 0 Å². The Morgan fingerprint density at radius 2 is 0.850 bits per heavy atom. The van der Waals surface area contributed by atoms with Gasteiger partial charge in [-0.05, 0) is 50.4 Å². The molecule has 0 radical (unpaired) electrons. The first-order valence-electron chi connectivity index (χ1n) is 17.3. The molecular formula is C36H68O4. The molecule has 0 aromatic carbocycles. The van der Waals surface area contributed by atoms with Gasteiger partial charge in [-0.2, -0.15) is 0 Å². The van der Waals surface area contributed by atoms with Crippen molar-refractivity contribution in [2.45, 2.75) is 184 Å². The van der Waals surface area contributed by atoms with Crippen LogP contribution in [0.3, 0.4) is 0 Å². The molecule has 0 fully saturated rings. The predicted octanol–water partition coefficient (Wildman–Crippen LogP) is 11.6. The van der Waals surface area contributed by atoms with Crippen molar-refractivity contribution in [1.29, 1.82) is 0 Å². The summed E-state index contributed by atoms with van der Waals surface area (Å²) in [6.07, 6.45) is 19.3. The van der Waals surface area contributed by atoms with Gasteiger partial charge in [0.2, 0.25) is 0 Å². The summed E-state index contributed by atoms with van der Waals surface area (Å²) in [7, 11) is 0. The van der Waals surface area contributed by atoms with Crippen LogP contribution in [0.15, 0.2) is 11.1 Å². The van der Waals surface area contributed by atoms with Crippen LogP contribution in [0.25, 0.3) is 0 Å². The first-order valence-corrected chi connectivity index (χ1v) is 17.3. The minimum atomic E-state index is -0.990. The van der Waals surface area contributed by atoms with Gasteiger partial charge in [0.05, 0.1) is 11.1 Å². The van der Waals surface area contributed by atoms with E-state index in [0.717, 1.165) is 116 Å². The molecule has 0 aromatic heterocycles. The van der Waals surface area contributed by atoms with Crippen LogP contribution in [0.5, 0.6) is 0 Å². The molecule has 4 atom stereocenters. The zero-order valence-electron chi connectivity index (χ0n) is 28.0. The minimum absolute atomic E-state index is 0.261. The maximum atomic E-state index is 13.5. The molecule has 0 saturated heterocycles. The highest BCUT2D eigenvalue weighted by atomic mass is 16.4. The smallest absolute Gasteiger partial charge is 0.332 e. The van der Waals surface area contributed by atoms with E-state index in [-0.39, 0.29) is 11.1 Å². The lowest BCUT2D eigenvalue weighted by Gasteiger charge is -2.43. The third-order valence-corrected chi connectivity index (χ3v) is 10.1. The molecule has 0 aliphatic rings. The molecule has 0 aromatic rings. The molecule has 4 nitrogen and oxygen atoms in total. The summed E-state index contributed by atoms with van der Waals surface area (Å²) < 4.78 is 0. The van der Waals surface area contributed by atoms with Crippen LogP contribution < -0.4 is 0 Å². The summed E-state index contributed by atoms with van der Waals surface area (Å²) >= 11 is 0. The van der Waals surface area contributed by atoms with Gasteiger partial charge in [0.1, 0.15) is 0 Å². The number of carbonyl (C=O) groups is 2. The molecule has 0 spiro atoms. The summed E-state index contributed by atoms with van der Waals surface area (Å²) in [5, 5.41) is 22.0. The van der Waals surface area contributed by atoms with Gasteiger partial charge in [-0.15, -0.1) is 0 Å². The third-order valence-electron chi connectivity index (χ3n) is 10.1. The average molecular weight is 565 g/mol. The number of aliphatic carboxylic acids is 2. The molecular weight excluding hydrogens is 496 g/mol. The van der Waals surface area contributed by atoms with Crippen molar-refractivity contribution in [2.24, 2.45) is 22.7 Å². The number of rotatable bonds is 26. The second-order valence-electron chi connectivity index (χ2n) is 12.8. The second-order valence-corrected chi connectivity index (χ2v) is 12.8. The highest BCUT2D eigenvalue weighted by molar-refractivity contribution is 6.00. The molecule has 0 heterocycles. The number of carboxylic acid groups (broad SMARTS) is 2. The van der Waals surface area contributed by atoms with Gasteiger partial charge in [0, 0.05) is 10.8 Å². The Balaban J connectivity index is 7.47. The highest BCUT2D eigenvalue weighted by Crippen LogP contribution is 2.52. The van der Waals surface area contributed by atoms with Gasteiger partial charge in [-0.3, -0.25) is 0 Å². The number of hydrogen-bond donors (Lipinski definition) is 2. The van der Waals surface area contributed by atoms with Crippen LogP contribution in [-0.4, -0.2) is 22.2 Å². The topological polar surface area (TPSA) is 74.6 Å². The van der Waals surface area contributed by atoms with E-state index < -0.39 is 22.8 Å². The van der Waals surface area contributed by atoms with Crippen molar-refractivity contribution in [3.8, 4) is 0 Å². The third kappa shape index (κ3) is 11.9. The Hall–Kier alpha value is -1.32. The van der Waals surface area contributed by atoms with Crippen molar-refractivity contribution in [1.82, 2.24) is 0 Å². The fourth-order valence-corrected chi connectivity index (χ4v) is 7.27. The zero-order valence-corrected chi connectivity index (χ0v) is 28.0. The molecule has 0 aliphatic carbocycles. The maximum Gasteiger partial charge on any atom is 0.332 e. The van der Waals surface area contributed by atoms with E-state index in [2.05, 4.69) is 55.4 Å². The van der Waals surface area contributed by atoms with Crippen LogP contribution in [0, 0.1) is 22.7 Å². The van der Waals surface area contributed by atoms with Gasteiger partial charge >= 0.3 is 11.9 Å². The monoisotopic (exact) mass is 565 g/mol. The van der Waals surface area contributed by atoms with Crippen LogP contribution in [-0.2, 0) is 9.59 Å². The molecule has 4 heteroatoms. The van der Waals surface area contributed by atoms with Crippen molar-refractivity contribution in [3.05, 3.63) is 11.1 Å². The first-order chi connectivity index (χ1) is 19.1. The molecule has 0 bridgehead atoms. The second kappa shape index (κ2) is 21.4. The number of unbranched alkanes of at least 4 members (excludes halogenated alkanes) is 6. The van der Waals surface area contributed by atoms with Gasteiger partial charge < -0.3 is 10.2 Å². The van der Waals surface area contributed by atoms with Crippen molar-refractivity contribution >= 4 is 11.9 Å². The summed E-state index contributed by atoms with van der Waals surface area (Å²) in [6.45, 7) is 17.4. The van der Waals surface area contributed by atoms with E-state index >= 15 is 0 Å². The lowest BCUT2D eigenvalue weighted by Crippen LogP contribution is -2.39. The highest BCUT2D eigenvalue weighted by Gasteiger charge is 2.47.